The van der Waals surface area contributed by atoms with Gasteiger partial charge in [-0.3, -0.25) is 4.79 Å². The van der Waals surface area contributed by atoms with Gasteiger partial charge in [-0.05, 0) is 43.5 Å². The second-order valence-corrected chi connectivity index (χ2v) is 8.41. The Labute approximate surface area is 190 Å². The summed E-state index contributed by atoms with van der Waals surface area (Å²) < 4.78 is 13.6. The number of imidazole rings is 1. The largest absolute Gasteiger partial charge is 0.493 e. The van der Waals surface area contributed by atoms with Gasteiger partial charge in [-0.1, -0.05) is 37.6 Å². The summed E-state index contributed by atoms with van der Waals surface area (Å²) in [4.78, 5) is 19.5. The van der Waals surface area contributed by atoms with Gasteiger partial charge < -0.3 is 18.9 Å². The molecule has 0 aliphatic carbocycles. The Morgan fingerprint density at radius 1 is 1.00 bits per heavy atom. The van der Waals surface area contributed by atoms with Gasteiger partial charge in [0.2, 0.25) is 5.91 Å². The van der Waals surface area contributed by atoms with Gasteiger partial charge in [0, 0.05) is 32.0 Å². The maximum Gasteiger partial charge on any atom is 0.223 e. The van der Waals surface area contributed by atoms with Crippen LogP contribution in [-0.2, 0) is 11.3 Å². The Balaban J connectivity index is 1.41. The van der Waals surface area contributed by atoms with E-state index in [9.17, 15) is 4.79 Å². The van der Waals surface area contributed by atoms with Crippen molar-refractivity contribution in [2.24, 2.45) is 0 Å². The maximum absolute atomic E-state index is 12.5. The van der Waals surface area contributed by atoms with E-state index in [2.05, 4.69) is 29.7 Å². The minimum Gasteiger partial charge on any atom is -0.493 e. The molecule has 1 aromatic heterocycles. The molecule has 2 aromatic carbocycles. The topological polar surface area (TPSA) is 56.6 Å². The van der Waals surface area contributed by atoms with E-state index in [4.69, 9.17) is 14.5 Å². The maximum atomic E-state index is 12.5. The smallest absolute Gasteiger partial charge is 0.223 e. The number of ether oxygens (including phenoxy) is 2. The van der Waals surface area contributed by atoms with Gasteiger partial charge in [0.25, 0.3) is 0 Å². The van der Waals surface area contributed by atoms with Crippen molar-refractivity contribution in [3.8, 4) is 11.5 Å². The van der Waals surface area contributed by atoms with Crippen molar-refractivity contribution < 1.29 is 14.3 Å². The fourth-order valence-electron chi connectivity index (χ4n) is 4.44. The first-order chi connectivity index (χ1) is 15.7. The number of fused-ring (bicyclic) bond motifs is 1. The molecule has 0 N–H and O–H groups in total. The van der Waals surface area contributed by atoms with Gasteiger partial charge in [-0.25, -0.2) is 4.98 Å². The molecule has 0 radical (unpaired) electrons. The van der Waals surface area contributed by atoms with Gasteiger partial charge in [0.1, 0.15) is 5.82 Å². The van der Waals surface area contributed by atoms with Crippen molar-refractivity contribution in [2.75, 3.05) is 26.8 Å². The van der Waals surface area contributed by atoms with Crippen LogP contribution in [0.3, 0.4) is 0 Å². The second kappa shape index (κ2) is 10.5. The molecule has 32 heavy (non-hydrogen) atoms. The number of benzene rings is 2. The molecule has 1 atom stereocenters. The number of aryl methyl sites for hydroxylation is 1. The predicted octanol–water partition coefficient (Wildman–Crippen LogP) is 5.02. The zero-order valence-corrected chi connectivity index (χ0v) is 19.1. The van der Waals surface area contributed by atoms with Crippen LogP contribution < -0.4 is 9.47 Å². The lowest BCUT2D eigenvalue weighted by molar-refractivity contribution is -0.127. The molecule has 3 aromatic rings. The summed E-state index contributed by atoms with van der Waals surface area (Å²) in [6, 6.07) is 16.0. The molecule has 170 valence electrons. The molecule has 0 unspecified atom stereocenters. The van der Waals surface area contributed by atoms with Gasteiger partial charge >= 0.3 is 0 Å². The van der Waals surface area contributed by atoms with Crippen LogP contribution in [0.25, 0.3) is 11.0 Å². The number of unbranched alkanes of at least 4 members (excludes halogenated alkanes) is 2. The van der Waals surface area contributed by atoms with E-state index in [1.807, 2.05) is 35.2 Å². The quantitative estimate of drug-likeness (QED) is 0.397. The van der Waals surface area contributed by atoms with Crippen molar-refractivity contribution in [3.63, 3.8) is 0 Å². The fraction of sp³-hybridized carbons (Fsp3) is 0.462. The number of rotatable bonds is 11. The van der Waals surface area contributed by atoms with Crippen LogP contribution in [-0.4, -0.2) is 47.2 Å². The van der Waals surface area contributed by atoms with Crippen molar-refractivity contribution in [1.29, 1.82) is 0 Å². The summed E-state index contributed by atoms with van der Waals surface area (Å²) in [6.07, 6.45) is 4.62. The van der Waals surface area contributed by atoms with Crippen molar-refractivity contribution in [3.05, 3.63) is 54.4 Å². The predicted molar refractivity (Wildman–Crippen MR) is 126 cm³/mol. The van der Waals surface area contributed by atoms with E-state index in [1.54, 1.807) is 7.11 Å². The first kappa shape index (κ1) is 22.2. The molecule has 1 aliphatic rings. The zero-order chi connectivity index (χ0) is 22.3. The number of hydrogen-bond donors (Lipinski definition) is 0. The number of likely N-dealkylation sites (tertiary alicyclic amines) is 1. The number of nitrogens with zero attached hydrogens (tertiary/aromatic N) is 3. The Morgan fingerprint density at radius 2 is 1.78 bits per heavy atom. The SMILES string of the molecule is CCCCN1C[C@H](c2nc3ccccc3n2CCCCOc2ccccc2OC)CC1=O. The average molecular weight is 436 g/mol. The van der Waals surface area contributed by atoms with E-state index < -0.39 is 0 Å². The number of methoxy groups -OCH3 is 1. The van der Waals surface area contributed by atoms with E-state index in [0.717, 1.165) is 73.7 Å². The van der Waals surface area contributed by atoms with Crippen LogP contribution in [0.5, 0.6) is 11.5 Å². The Morgan fingerprint density at radius 3 is 2.59 bits per heavy atom. The summed E-state index contributed by atoms with van der Waals surface area (Å²) in [5.41, 5.74) is 2.15. The van der Waals surface area contributed by atoms with Gasteiger partial charge in [0.15, 0.2) is 11.5 Å². The Kier molecular flexibility index (Phi) is 7.30. The van der Waals surface area contributed by atoms with Crippen LogP contribution in [0.4, 0.5) is 0 Å². The highest BCUT2D eigenvalue weighted by atomic mass is 16.5. The lowest BCUT2D eigenvalue weighted by Crippen LogP contribution is -2.26. The number of para-hydroxylation sites is 4. The lowest BCUT2D eigenvalue weighted by atomic mass is 10.1. The highest BCUT2D eigenvalue weighted by molar-refractivity contribution is 5.80. The average Bonchev–Trinajstić information content (AvgIpc) is 3.37. The lowest BCUT2D eigenvalue weighted by Gasteiger charge is -2.17. The van der Waals surface area contributed by atoms with E-state index in [0.29, 0.717) is 13.0 Å². The molecule has 0 bridgehead atoms. The summed E-state index contributed by atoms with van der Waals surface area (Å²) in [5.74, 6) is 3.00. The third-order valence-electron chi connectivity index (χ3n) is 6.15. The highest BCUT2D eigenvalue weighted by Crippen LogP contribution is 2.31. The van der Waals surface area contributed by atoms with Gasteiger partial charge in [-0.2, -0.15) is 0 Å². The molecular formula is C26H33N3O3. The molecule has 0 saturated carbocycles. The van der Waals surface area contributed by atoms with Crippen LogP contribution >= 0.6 is 0 Å². The van der Waals surface area contributed by atoms with Crippen molar-refractivity contribution in [1.82, 2.24) is 14.5 Å². The third kappa shape index (κ3) is 4.90. The van der Waals surface area contributed by atoms with Gasteiger partial charge in [-0.15, -0.1) is 0 Å². The first-order valence-corrected chi connectivity index (χ1v) is 11.7. The minimum atomic E-state index is 0.164. The normalized spacial score (nSPS) is 16.1. The van der Waals surface area contributed by atoms with E-state index in [1.165, 1.54) is 0 Å². The number of amides is 1. The Bertz CT molecular complexity index is 1050. The summed E-state index contributed by atoms with van der Waals surface area (Å²) >= 11 is 0. The Hall–Kier alpha value is -3.02. The fourth-order valence-corrected chi connectivity index (χ4v) is 4.44. The van der Waals surface area contributed by atoms with Gasteiger partial charge in [0.05, 0.1) is 24.8 Å². The molecule has 1 fully saturated rings. The third-order valence-corrected chi connectivity index (χ3v) is 6.15. The van der Waals surface area contributed by atoms with E-state index in [-0.39, 0.29) is 11.8 Å². The molecule has 4 rings (SSSR count). The highest BCUT2D eigenvalue weighted by Gasteiger charge is 2.33. The number of carbonyl (C=O) groups excluding carboxylic acids is 1. The van der Waals surface area contributed by atoms with Crippen LogP contribution in [0.2, 0.25) is 0 Å². The summed E-state index contributed by atoms with van der Waals surface area (Å²) in [7, 11) is 1.66. The number of carbonyl (C=O) groups is 1. The van der Waals surface area contributed by atoms with Crippen molar-refractivity contribution in [2.45, 2.75) is 51.5 Å². The first-order valence-electron chi connectivity index (χ1n) is 11.7. The molecule has 1 amide bonds. The van der Waals surface area contributed by atoms with Crippen LogP contribution in [0.15, 0.2) is 48.5 Å². The minimum absolute atomic E-state index is 0.164. The molecule has 6 heteroatoms. The summed E-state index contributed by atoms with van der Waals surface area (Å²) in [5, 5.41) is 0. The summed E-state index contributed by atoms with van der Waals surface area (Å²) in [6.45, 7) is 5.29. The molecule has 1 saturated heterocycles. The molecule has 0 spiro atoms. The zero-order valence-electron chi connectivity index (χ0n) is 19.1. The molecule has 6 nitrogen and oxygen atoms in total. The second-order valence-electron chi connectivity index (χ2n) is 8.41. The molecule has 1 aliphatic heterocycles. The number of aromatic nitrogens is 2. The van der Waals surface area contributed by atoms with Crippen molar-refractivity contribution >= 4 is 16.9 Å². The standard InChI is InChI=1S/C26H33N3O3/c1-3-4-15-28-19-20(18-25(28)30)26-27-21-11-5-6-12-22(21)29(26)16-9-10-17-32-24-14-8-7-13-23(24)31-2/h5-8,11-14,20H,3-4,9-10,15-19H2,1-2H3/t20-/m1/s1. The van der Waals surface area contributed by atoms with Crippen LogP contribution in [0.1, 0.15) is 50.8 Å². The molecule has 2 heterocycles. The molecular weight excluding hydrogens is 402 g/mol. The monoisotopic (exact) mass is 435 g/mol. The number of hydrogen-bond acceptors (Lipinski definition) is 4. The van der Waals surface area contributed by atoms with Crippen LogP contribution in [0, 0.1) is 0 Å². The van der Waals surface area contributed by atoms with E-state index >= 15 is 0 Å².